The smallest absolute Gasteiger partial charge is 0.165 e. The van der Waals surface area contributed by atoms with Gasteiger partial charge in [0.05, 0.1) is 19.6 Å². The summed E-state index contributed by atoms with van der Waals surface area (Å²) in [6, 6.07) is 0. The summed E-state index contributed by atoms with van der Waals surface area (Å²) in [7, 11) is 3.58. The van der Waals surface area contributed by atoms with Crippen LogP contribution in [0.1, 0.15) is 11.9 Å². The van der Waals surface area contributed by atoms with E-state index in [9.17, 15) is 10.2 Å². The van der Waals surface area contributed by atoms with Gasteiger partial charge in [0.1, 0.15) is 29.8 Å². The maximum atomic E-state index is 10.1. The van der Waals surface area contributed by atoms with E-state index in [1.54, 1.807) is 11.6 Å². The average molecular weight is 297 g/mol. The van der Waals surface area contributed by atoms with Gasteiger partial charge in [-0.1, -0.05) is 0 Å². The number of nitrogens with zero attached hydrogens (tertiary/aromatic N) is 4. The van der Waals surface area contributed by atoms with Gasteiger partial charge in [-0.25, -0.2) is 4.98 Å². The second kappa shape index (κ2) is 5.26. The van der Waals surface area contributed by atoms with Crippen molar-refractivity contribution in [3.05, 3.63) is 12.0 Å². The molecular weight excluding hydrogens is 278 g/mol. The van der Waals surface area contributed by atoms with E-state index in [2.05, 4.69) is 15.3 Å². The van der Waals surface area contributed by atoms with Crippen molar-refractivity contribution in [2.45, 2.75) is 24.5 Å². The molecule has 1 unspecified atom stereocenters. The number of rotatable bonds is 2. The number of imidazole rings is 1. The van der Waals surface area contributed by atoms with Crippen LogP contribution in [-0.4, -0.2) is 81.3 Å². The van der Waals surface area contributed by atoms with E-state index in [-0.39, 0.29) is 6.61 Å². The van der Waals surface area contributed by atoms with Crippen LogP contribution in [-0.2, 0) is 4.74 Å². The summed E-state index contributed by atoms with van der Waals surface area (Å²) < 4.78 is 7.14. The summed E-state index contributed by atoms with van der Waals surface area (Å²) in [6.45, 7) is 0.184. The molecule has 0 saturated carbocycles. The molecule has 0 radical (unpaired) electrons. The zero-order valence-electron chi connectivity index (χ0n) is 11.8. The minimum Gasteiger partial charge on any atom is -0.394 e. The molecule has 9 nitrogen and oxygen atoms in total. The number of fused-ring (bicyclic) bond motifs is 1. The highest BCUT2D eigenvalue weighted by atomic mass is 16.6. The van der Waals surface area contributed by atoms with Crippen LogP contribution < -0.4 is 5.32 Å². The zero-order chi connectivity index (χ0) is 15.1. The fourth-order valence-corrected chi connectivity index (χ4v) is 2.73. The molecule has 116 valence electrons. The van der Waals surface area contributed by atoms with Crippen LogP contribution in [0.25, 0.3) is 0 Å². The molecule has 2 aliphatic rings. The summed E-state index contributed by atoms with van der Waals surface area (Å²) in [4.78, 5) is 10.4. The van der Waals surface area contributed by atoms with Crippen LogP contribution in [0.15, 0.2) is 11.3 Å². The number of aliphatic hydroxyl groups excluding tert-OH is 3. The normalized spacial score (nSPS) is 34.1. The number of amidine groups is 1. The summed E-state index contributed by atoms with van der Waals surface area (Å²) in [5, 5.41) is 32.3. The van der Waals surface area contributed by atoms with Gasteiger partial charge >= 0.3 is 0 Å². The Labute approximate surface area is 121 Å². The number of hydrogen-bond acceptors (Lipinski definition) is 7. The van der Waals surface area contributed by atoms with Crippen molar-refractivity contribution in [1.29, 1.82) is 0 Å². The molecule has 1 fully saturated rings. The lowest BCUT2D eigenvalue weighted by molar-refractivity contribution is -0.0519. The maximum absolute atomic E-state index is 10.1. The SMILES string of the molecule is C/N=C1/c2ncn([C@@H]3O[C@H](CO)[C@@H](O)C3O)c2NCN1C. The Morgan fingerprint density at radius 2 is 2.24 bits per heavy atom. The lowest BCUT2D eigenvalue weighted by atomic mass is 10.1. The largest absolute Gasteiger partial charge is 0.394 e. The zero-order valence-corrected chi connectivity index (χ0v) is 11.8. The van der Waals surface area contributed by atoms with Gasteiger partial charge in [0.2, 0.25) is 0 Å². The monoisotopic (exact) mass is 297 g/mol. The van der Waals surface area contributed by atoms with Crippen LogP contribution in [0.4, 0.5) is 5.82 Å². The van der Waals surface area contributed by atoms with Gasteiger partial charge in [0.25, 0.3) is 0 Å². The first-order valence-corrected chi connectivity index (χ1v) is 6.70. The van der Waals surface area contributed by atoms with Gasteiger partial charge in [-0.05, 0) is 0 Å². The molecule has 0 amide bonds. The summed E-state index contributed by atoms with van der Waals surface area (Å²) >= 11 is 0. The number of ether oxygens (including phenoxy) is 1. The summed E-state index contributed by atoms with van der Waals surface area (Å²) in [5.74, 6) is 1.40. The lowest BCUT2D eigenvalue weighted by Gasteiger charge is -2.28. The molecule has 4 N–H and O–H groups in total. The Morgan fingerprint density at radius 3 is 2.86 bits per heavy atom. The number of aliphatic imine (C=N–C) groups is 1. The first kappa shape index (κ1) is 14.3. The van der Waals surface area contributed by atoms with Gasteiger partial charge in [-0.2, -0.15) is 0 Å². The Hall–Kier alpha value is -1.68. The molecule has 0 bridgehead atoms. The molecule has 4 atom stereocenters. The molecule has 2 aliphatic heterocycles. The van der Waals surface area contributed by atoms with Gasteiger partial charge in [0, 0.05) is 14.1 Å². The first-order valence-electron chi connectivity index (χ1n) is 6.70. The third-order valence-electron chi connectivity index (χ3n) is 3.85. The Balaban J connectivity index is 1.96. The van der Waals surface area contributed by atoms with Crippen LogP contribution in [0.2, 0.25) is 0 Å². The fourth-order valence-electron chi connectivity index (χ4n) is 2.73. The average Bonchev–Trinajstić information content (AvgIpc) is 3.02. The quantitative estimate of drug-likeness (QED) is 0.508. The van der Waals surface area contributed by atoms with Crippen molar-refractivity contribution in [2.75, 3.05) is 32.7 Å². The van der Waals surface area contributed by atoms with Crippen molar-refractivity contribution in [2.24, 2.45) is 4.99 Å². The van der Waals surface area contributed by atoms with Crippen LogP contribution in [0.5, 0.6) is 0 Å². The highest BCUT2D eigenvalue weighted by molar-refractivity contribution is 6.02. The molecule has 3 rings (SSSR count). The lowest BCUT2D eigenvalue weighted by Crippen LogP contribution is -2.39. The van der Waals surface area contributed by atoms with Crippen LogP contribution in [0.3, 0.4) is 0 Å². The highest BCUT2D eigenvalue weighted by Gasteiger charge is 2.44. The van der Waals surface area contributed by atoms with Crippen molar-refractivity contribution < 1.29 is 20.1 Å². The minimum absolute atomic E-state index is 0.358. The molecule has 0 spiro atoms. The summed E-state index contributed by atoms with van der Waals surface area (Å²) in [5.41, 5.74) is 0.656. The van der Waals surface area contributed by atoms with Crippen molar-refractivity contribution in [1.82, 2.24) is 14.5 Å². The molecular formula is C12H19N5O4. The van der Waals surface area contributed by atoms with E-state index in [0.29, 0.717) is 18.2 Å². The predicted molar refractivity (Wildman–Crippen MR) is 74.0 cm³/mol. The number of anilines is 1. The topological polar surface area (TPSA) is 115 Å². The van der Waals surface area contributed by atoms with E-state index in [4.69, 9.17) is 9.84 Å². The Morgan fingerprint density at radius 1 is 1.48 bits per heavy atom. The van der Waals surface area contributed by atoms with Gasteiger partial charge < -0.3 is 30.3 Å². The molecule has 1 aromatic rings. The molecule has 0 aromatic carbocycles. The van der Waals surface area contributed by atoms with Crippen molar-refractivity contribution >= 4 is 11.7 Å². The van der Waals surface area contributed by atoms with Crippen LogP contribution in [0, 0.1) is 0 Å². The van der Waals surface area contributed by atoms with Gasteiger partial charge in [0.15, 0.2) is 12.1 Å². The van der Waals surface area contributed by atoms with E-state index < -0.39 is 24.5 Å². The Kier molecular flexibility index (Phi) is 3.57. The van der Waals surface area contributed by atoms with Gasteiger partial charge in [-0.3, -0.25) is 9.56 Å². The maximum Gasteiger partial charge on any atom is 0.165 e. The minimum atomic E-state index is -1.14. The molecule has 9 heteroatoms. The molecule has 0 aliphatic carbocycles. The number of aromatic nitrogens is 2. The molecule has 3 heterocycles. The van der Waals surface area contributed by atoms with E-state index in [0.717, 1.165) is 5.84 Å². The fraction of sp³-hybridized carbons (Fsp3) is 0.667. The van der Waals surface area contributed by atoms with Crippen LogP contribution >= 0.6 is 0 Å². The highest BCUT2D eigenvalue weighted by Crippen LogP contribution is 2.33. The number of hydrogen-bond donors (Lipinski definition) is 4. The second-order valence-corrected chi connectivity index (χ2v) is 5.16. The molecule has 1 aromatic heterocycles. The van der Waals surface area contributed by atoms with Crippen molar-refractivity contribution in [3.63, 3.8) is 0 Å². The number of nitrogens with one attached hydrogen (secondary N) is 1. The predicted octanol–water partition coefficient (Wildman–Crippen LogP) is -1.81. The summed E-state index contributed by atoms with van der Waals surface area (Å²) in [6.07, 6.45) is -2.36. The van der Waals surface area contributed by atoms with E-state index in [1.165, 1.54) is 6.33 Å². The third-order valence-corrected chi connectivity index (χ3v) is 3.85. The molecule has 1 saturated heterocycles. The third kappa shape index (κ3) is 2.09. The molecule has 21 heavy (non-hydrogen) atoms. The Bertz CT molecular complexity index is 560. The first-order chi connectivity index (χ1) is 10.1. The van der Waals surface area contributed by atoms with Gasteiger partial charge in [-0.15, -0.1) is 0 Å². The van der Waals surface area contributed by atoms with Crippen molar-refractivity contribution in [3.8, 4) is 0 Å². The van der Waals surface area contributed by atoms with E-state index >= 15 is 0 Å². The van der Waals surface area contributed by atoms with E-state index in [1.807, 2.05) is 11.9 Å². The standard InChI is InChI=1S/C12H19N5O4/c1-13-10-7-11(15-4-16(10)2)17(5-14-7)12-9(20)8(19)6(3-18)21-12/h5-6,8-9,12,15,18-20H,3-4H2,1-2H3/b13-10-/t6-,8-,9?,12-/m1/s1. The number of aliphatic hydroxyl groups is 3. The second-order valence-electron chi connectivity index (χ2n) is 5.16.